The molecule has 0 spiro atoms. The van der Waals surface area contributed by atoms with Crippen molar-refractivity contribution in [1.82, 2.24) is 10.6 Å². The molecule has 0 bridgehead atoms. The lowest BCUT2D eigenvalue weighted by Crippen LogP contribution is -2.37. The third-order valence-electron chi connectivity index (χ3n) is 12.1. The van der Waals surface area contributed by atoms with E-state index in [1.54, 1.807) is 0 Å². The lowest BCUT2D eigenvalue weighted by Gasteiger charge is -2.25. The average molecular weight is 829 g/mol. The summed E-state index contributed by atoms with van der Waals surface area (Å²) in [7, 11) is 0. The van der Waals surface area contributed by atoms with Crippen LogP contribution in [0.1, 0.15) is 97.1 Å². The number of allylic oxidation sites excluding steroid dienone is 6. The van der Waals surface area contributed by atoms with Gasteiger partial charge in [-0.15, -0.1) is 11.8 Å². The third-order valence-corrected chi connectivity index (χ3v) is 12.1. The van der Waals surface area contributed by atoms with Crippen LogP contribution in [0.25, 0.3) is 0 Å². The van der Waals surface area contributed by atoms with Crippen molar-refractivity contribution in [2.45, 2.75) is 103 Å². The van der Waals surface area contributed by atoms with Crippen molar-refractivity contribution >= 4 is 35.1 Å². The predicted octanol–water partition coefficient (Wildman–Crippen LogP) is 8.02. The average Bonchev–Trinajstić information content (AvgIpc) is 3.72. The van der Waals surface area contributed by atoms with Crippen molar-refractivity contribution in [3.63, 3.8) is 0 Å². The molecule has 322 valence electrons. The van der Waals surface area contributed by atoms with Gasteiger partial charge < -0.3 is 30.2 Å². The lowest BCUT2D eigenvalue weighted by molar-refractivity contribution is -0.438. The van der Waals surface area contributed by atoms with E-state index in [9.17, 15) is 22.8 Å². The molecular formula is C48H59F3N4O5. The van der Waals surface area contributed by atoms with E-state index in [1.165, 1.54) is 33.9 Å². The molecule has 2 heterocycles. The Kier molecular flexibility index (Phi) is 15.5. The number of nitrogens with one attached hydrogen (secondary N) is 2. The molecule has 2 aliphatic heterocycles. The zero-order valence-electron chi connectivity index (χ0n) is 35.5. The van der Waals surface area contributed by atoms with Crippen molar-refractivity contribution in [2.24, 2.45) is 17.8 Å². The Hall–Kier alpha value is -5.31. The number of ether oxygens (including phenoxy) is 1. The maximum atomic E-state index is 12.5. The van der Waals surface area contributed by atoms with Crippen molar-refractivity contribution in [3.8, 4) is 11.8 Å². The maximum absolute atomic E-state index is 12.5. The summed E-state index contributed by atoms with van der Waals surface area (Å²) < 4.78 is 39.5. The van der Waals surface area contributed by atoms with E-state index in [0.29, 0.717) is 43.9 Å². The second kappa shape index (κ2) is 20.3. The highest BCUT2D eigenvalue weighted by atomic mass is 19.4. The standard InChI is InChI=1S/C46H58N4O3.C2HF3O2/c1-6-49-39-25-18-16-23-37(39)45(2,3)41(49)27-13-9-14-28-42-46(4,5)38-24-17-19-26-40(38)50(42)32-20-10-15-29-43(51)47-30-31-48-44(52)53-33-36-34-21-11-7-8-12-22-35(34)36;3-2(4,5)1(6)7/h9,13-14,16-19,23-28,34-36H,6,10-12,15,20-22,29-33H2,1-5H3,(H-,47,48,51,52);(H,6,7)/t34-,35+,36?;. The van der Waals surface area contributed by atoms with Crippen LogP contribution < -0.4 is 20.6 Å². The SMILES string of the molecule is CCN1C(=CC=CC=CC2=[N+](CCCCCC(=O)NCCNC(=O)OCC3[C@H]4CCC#CCC[C@@H]34)c3ccccc3C2(C)C)C(C)(C)c2ccccc21.O=C([O-])C(F)(F)F. The molecule has 2 amide bonds. The summed E-state index contributed by atoms with van der Waals surface area (Å²) in [5, 5.41) is 14.5. The van der Waals surface area contributed by atoms with E-state index in [1.807, 2.05) is 0 Å². The van der Waals surface area contributed by atoms with Gasteiger partial charge in [-0.3, -0.25) is 4.79 Å². The van der Waals surface area contributed by atoms with E-state index in [4.69, 9.17) is 14.6 Å². The number of carboxylic acids is 1. The molecular weight excluding hydrogens is 770 g/mol. The highest BCUT2D eigenvalue weighted by molar-refractivity contribution is 6.03. The fraction of sp³-hybridized carbons (Fsp3) is 0.500. The topological polar surface area (TPSA) is 114 Å². The van der Waals surface area contributed by atoms with Crippen LogP contribution in [0.15, 0.2) is 84.6 Å². The molecule has 4 aliphatic rings. The van der Waals surface area contributed by atoms with Crippen LogP contribution in [0.5, 0.6) is 0 Å². The van der Waals surface area contributed by atoms with E-state index in [-0.39, 0.29) is 16.7 Å². The molecule has 9 nitrogen and oxygen atoms in total. The normalized spacial score (nSPS) is 21.5. The van der Waals surface area contributed by atoms with Gasteiger partial charge in [0, 0.05) is 79.8 Å². The molecule has 12 heteroatoms. The van der Waals surface area contributed by atoms with Crippen LogP contribution in [0, 0.1) is 29.6 Å². The number of amides is 2. The van der Waals surface area contributed by atoms with E-state index in [0.717, 1.165) is 58.0 Å². The molecule has 2 N–H and O–H groups in total. The molecule has 60 heavy (non-hydrogen) atoms. The first-order valence-corrected chi connectivity index (χ1v) is 21.2. The van der Waals surface area contributed by atoms with Crippen molar-refractivity contribution < 1.29 is 42.0 Å². The smallest absolute Gasteiger partial charge is 0.430 e. The van der Waals surface area contributed by atoms with E-state index >= 15 is 0 Å². The molecule has 1 unspecified atom stereocenters. The van der Waals surface area contributed by atoms with Crippen LogP contribution >= 0.6 is 0 Å². The number of carbonyl (C=O) groups excluding carboxylic acids is 3. The van der Waals surface area contributed by atoms with Gasteiger partial charge in [0.25, 0.3) is 0 Å². The zero-order chi connectivity index (χ0) is 43.5. The van der Waals surface area contributed by atoms with Gasteiger partial charge in [-0.1, -0.05) is 68.5 Å². The Labute approximate surface area is 352 Å². The third kappa shape index (κ3) is 11.3. The molecule has 2 aromatic carbocycles. The summed E-state index contributed by atoms with van der Waals surface area (Å²) in [6, 6.07) is 17.5. The fourth-order valence-electron chi connectivity index (χ4n) is 8.91. The Morgan fingerprint density at radius 2 is 1.52 bits per heavy atom. The monoisotopic (exact) mass is 828 g/mol. The van der Waals surface area contributed by atoms with Gasteiger partial charge >= 0.3 is 12.3 Å². The summed E-state index contributed by atoms with van der Waals surface area (Å²) >= 11 is 0. The summed E-state index contributed by atoms with van der Waals surface area (Å²) in [4.78, 5) is 35.9. The highest BCUT2D eigenvalue weighted by Gasteiger charge is 2.49. The predicted molar refractivity (Wildman–Crippen MR) is 227 cm³/mol. The zero-order valence-corrected chi connectivity index (χ0v) is 35.5. The number of nitrogens with zero attached hydrogens (tertiary/aromatic N) is 2. The molecule has 2 aliphatic carbocycles. The molecule has 0 aromatic heterocycles. The number of aliphatic carboxylic acids is 1. The first-order chi connectivity index (χ1) is 28.6. The van der Waals surface area contributed by atoms with E-state index < -0.39 is 18.2 Å². The van der Waals surface area contributed by atoms with Gasteiger partial charge in [-0.05, 0) is 81.9 Å². The molecule has 6 rings (SSSR count). The number of carbonyl (C=O) groups is 3. The number of hydrogen-bond donors (Lipinski definition) is 2. The van der Waals surface area contributed by atoms with Gasteiger partial charge in [-0.25, -0.2) is 4.79 Å². The Bertz CT molecular complexity index is 2040. The van der Waals surface area contributed by atoms with Gasteiger partial charge in [-0.2, -0.15) is 17.7 Å². The quantitative estimate of drug-likeness (QED) is 0.0815. The molecule has 3 atom stereocenters. The van der Waals surface area contributed by atoms with Crippen LogP contribution in [-0.2, 0) is 25.2 Å². The Morgan fingerprint density at radius 3 is 2.18 bits per heavy atom. The number of benzene rings is 2. The fourth-order valence-corrected chi connectivity index (χ4v) is 8.91. The number of fused-ring (bicyclic) bond motifs is 3. The lowest BCUT2D eigenvalue weighted by atomic mass is 9.81. The Morgan fingerprint density at radius 1 is 0.883 bits per heavy atom. The van der Waals surface area contributed by atoms with Crippen LogP contribution in [0.4, 0.5) is 29.3 Å². The maximum Gasteiger partial charge on any atom is 0.430 e. The largest absolute Gasteiger partial charge is 0.542 e. The van der Waals surface area contributed by atoms with Crippen LogP contribution in [0.2, 0.25) is 0 Å². The van der Waals surface area contributed by atoms with Crippen LogP contribution in [-0.4, -0.2) is 67.2 Å². The number of likely N-dealkylation sites (N-methyl/N-ethyl adjacent to an activating group) is 1. The minimum atomic E-state index is -5.19. The molecule has 0 radical (unpaired) electrons. The number of halogens is 3. The summed E-state index contributed by atoms with van der Waals surface area (Å²) in [5.41, 5.74) is 7.76. The van der Waals surface area contributed by atoms with Crippen molar-refractivity contribution in [2.75, 3.05) is 37.7 Å². The molecule has 1 saturated carbocycles. The van der Waals surface area contributed by atoms with Crippen molar-refractivity contribution in [1.29, 1.82) is 0 Å². The van der Waals surface area contributed by atoms with Gasteiger partial charge in [0.1, 0.15) is 12.5 Å². The number of unbranched alkanes of at least 4 members (excludes halogenated alkanes) is 2. The van der Waals surface area contributed by atoms with Gasteiger partial charge in [0.2, 0.25) is 11.6 Å². The van der Waals surface area contributed by atoms with Crippen molar-refractivity contribution in [3.05, 3.63) is 95.7 Å². The Balaban J connectivity index is 0.000000896. The number of para-hydroxylation sites is 2. The number of hydrogen-bond acceptors (Lipinski definition) is 6. The first kappa shape index (κ1) is 45.8. The number of alkyl carbamates (subject to hydrolysis) is 1. The van der Waals surface area contributed by atoms with E-state index in [2.05, 4.69) is 145 Å². The highest BCUT2D eigenvalue weighted by Crippen LogP contribution is 2.52. The molecule has 0 saturated heterocycles. The van der Waals surface area contributed by atoms with Crippen LogP contribution in [0.3, 0.4) is 0 Å². The van der Waals surface area contributed by atoms with Gasteiger partial charge in [0.15, 0.2) is 5.71 Å². The molecule has 2 aromatic rings. The summed E-state index contributed by atoms with van der Waals surface area (Å²) in [6.45, 7) is 14.5. The van der Waals surface area contributed by atoms with Gasteiger partial charge in [0.05, 0.1) is 12.0 Å². The summed E-state index contributed by atoms with van der Waals surface area (Å²) in [5.74, 6) is 5.24. The minimum absolute atomic E-state index is 0.0214. The second-order valence-corrected chi connectivity index (χ2v) is 16.8. The number of rotatable bonds is 15. The minimum Gasteiger partial charge on any atom is -0.542 e. The number of anilines is 1. The molecule has 1 fully saturated rings. The first-order valence-electron chi connectivity index (χ1n) is 21.2. The second-order valence-electron chi connectivity index (χ2n) is 16.8. The number of carboxylic acid groups (broad SMARTS) is 1. The number of alkyl halides is 3. The summed E-state index contributed by atoms with van der Waals surface area (Å²) in [6.07, 6.45) is 12.8.